The number of carboxylic acids is 1. The van der Waals surface area contributed by atoms with E-state index < -0.39 is 38.9 Å². The van der Waals surface area contributed by atoms with E-state index in [4.69, 9.17) is 5.11 Å². The average Bonchev–Trinajstić information content (AvgIpc) is 1.93. The van der Waals surface area contributed by atoms with Gasteiger partial charge in [-0.25, -0.2) is 13.2 Å². The number of amides is 1. The minimum Gasteiger partial charge on any atom is -0.480 e. The van der Waals surface area contributed by atoms with Crippen molar-refractivity contribution in [2.24, 2.45) is 5.41 Å². The van der Waals surface area contributed by atoms with Gasteiger partial charge < -0.3 is 10.4 Å². The SMILES string of the molecule is CC(C)(C)[C@H](NC(=O)CS(C)(=O)=O)C(=O)O. The van der Waals surface area contributed by atoms with Gasteiger partial charge in [0.15, 0.2) is 9.84 Å². The molecule has 16 heavy (non-hydrogen) atoms. The molecule has 7 heteroatoms. The van der Waals surface area contributed by atoms with Gasteiger partial charge >= 0.3 is 5.97 Å². The van der Waals surface area contributed by atoms with E-state index in [1.54, 1.807) is 20.8 Å². The van der Waals surface area contributed by atoms with E-state index in [1.807, 2.05) is 0 Å². The molecule has 0 aromatic carbocycles. The number of aliphatic carboxylic acids is 1. The van der Waals surface area contributed by atoms with Crippen molar-refractivity contribution in [1.82, 2.24) is 5.32 Å². The number of hydrogen-bond donors (Lipinski definition) is 2. The summed E-state index contributed by atoms with van der Waals surface area (Å²) in [7, 11) is -3.45. The Kier molecular flexibility index (Phi) is 4.48. The number of hydrogen-bond acceptors (Lipinski definition) is 4. The Labute approximate surface area is 95.0 Å². The second-order valence-electron chi connectivity index (χ2n) is 4.77. The predicted octanol–water partition coefficient (Wildman–Crippen LogP) is -0.353. The standard InChI is InChI=1S/C9H17NO5S/c1-9(2,3)7(8(12)13)10-6(11)5-16(4,14)15/h7H,5H2,1-4H3,(H,10,11)(H,12,13)/t7-/m1/s1. The minimum atomic E-state index is -3.45. The fraction of sp³-hybridized carbons (Fsp3) is 0.778. The lowest BCUT2D eigenvalue weighted by Crippen LogP contribution is -2.50. The average molecular weight is 251 g/mol. The zero-order valence-electron chi connectivity index (χ0n) is 9.77. The molecular formula is C9H17NO5S. The third-order valence-corrected chi connectivity index (χ3v) is 2.60. The first-order valence-corrected chi connectivity index (χ1v) is 6.69. The van der Waals surface area contributed by atoms with Crippen LogP contribution in [0.5, 0.6) is 0 Å². The summed E-state index contributed by atoms with van der Waals surface area (Å²) in [6.45, 7) is 4.94. The topological polar surface area (TPSA) is 101 Å². The van der Waals surface area contributed by atoms with Gasteiger partial charge in [0, 0.05) is 6.26 Å². The van der Waals surface area contributed by atoms with Gasteiger partial charge in [-0.05, 0) is 5.41 Å². The molecule has 0 fully saturated rings. The maximum Gasteiger partial charge on any atom is 0.326 e. The molecule has 1 amide bonds. The molecule has 94 valence electrons. The molecule has 0 radical (unpaired) electrons. The maximum absolute atomic E-state index is 11.3. The summed E-state index contributed by atoms with van der Waals surface area (Å²) < 4.78 is 21.7. The predicted molar refractivity (Wildman–Crippen MR) is 58.7 cm³/mol. The second-order valence-corrected chi connectivity index (χ2v) is 6.92. The second kappa shape index (κ2) is 4.82. The summed E-state index contributed by atoms with van der Waals surface area (Å²) in [5.74, 6) is -2.69. The van der Waals surface area contributed by atoms with Crippen molar-refractivity contribution in [3.63, 3.8) is 0 Å². The number of carbonyl (C=O) groups is 2. The Hall–Kier alpha value is -1.11. The number of nitrogens with one attached hydrogen (secondary N) is 1. The van der Waals surface area contributed by atoms with Gasteiger partial charge in [-0.2, -0.15) is 0 Å². The largest absolute Gasteiger partial charge is 0.480 e. The molecular weight excluding hydrogens is 234 g/mol. The zero-order valence-corrected chi connectivity index (χ0v) is 10.6. The number of rotatable bonds is 4. The molecule has 0 rings (SSSR count). The Bertz CT molecular complexity index is 379. The monoisotopic (exact) mass is 251 g/mol. The molecule has 1 atom stereocenters. The van der Waals surface area contributed by atoms with E-state index in [0.29, 0.717) is 0 Å². The quantitative estimate of drug-likeness (QED) is 0.711. The highest BCUT2D eigenvalue weighted by molar-refractivity contribution is 7.91. The van der Waals surface area contributed by atoms with Gasteiger partial charge in [-0.15, -0.1) is 0 Å². The highest BCUT2D eigenvalue weighted by Crippen LogP contribution is 2.19. The third-order valence-electron chi connectivity index (χ3n) is 1.81. The molecule has 6 nitrogen and oxygen atoms in total. The Morgan fingerprint density at radius 1 is 1.31 bits per heavy atom. The maximum atomic E-state index is 11.3. The van der Waals surface area contributed by atoms with Gasteiger partial charge in [0.1, 0.15) is 11.8 Å². The van der Waals surface area contributed by atoms with Crippen LogP contribution in [0.15, 0.2) is 0 Å². The van der Waals surface area contributed by atoms with Crippen LogP contribution in [0, 0.1) is 5.41 Å². The Morgan fingerprint density at radius 3 is 2.00 bits per heavy atom. The molecule has 0 saturated carbocycles. The molecule has 0 unspecified atom stereocenters. The van der Waals surface area contributed by atoms with Crippen molar-refractivity contribution in [3.05, 3.63) is 0 Å². The molecule has 0 spiro atoms. The molecule has 0 saturated heterocycles. The van der Waals surface area contributed by atoms with Gasteiger partial charge in [-0.3, -0.25) is 4.79 Å². The van der Waals surface area contributed by atoms with Gasteiger partial charge in [0.2, 0.25) is 5.91 Å². The minimum absolute atomic E-state index is 0.682. The van der Waals surface area contributed by atoms with E-state index in [-0.39, 0.29) is 0 Å². The third kappa shape index (κ3) is 5.69. The van der Waals surface area contributed by atoms with Gasteiger partial charge in [-0.1, -0.05) is 20.8 Å². The molecule has 0 bridgehead atoms. The van der Waals surface area contributed by atoms with E-state index in [9.17, 15) is 18.0 Å². The smallest absolute Gasteiger partial charge is 0.326 e. The number of carbonyl (C=O) groups excluding carboxylic acids is 1. The van der Waals surface area contributed by atoms with Crippen LogP contribution in [0.1, 0.15) is 20.8 Å². The van der Waals surface area contributed by atoms with Crippen LogP contribution in [0.3, 0.4) is 0 Å². The van der Waals surface area contributed by atoms with Crippen molar-refractivity contribution >= 4 is 21.7 Å². The number of carboxylic acid groups (broad SMARTS) is 1. The molecule has 0 aliphatic rings. The number of sulfone groups is 1. The van der Waals surface area contributed by atoms with E-state index in [1.165, 1.54) is 0 Å². The normalized spacial score (nSPS) is 14.2. The lowest BCUT2D eigenvalue weighted by Gasteiger charge is -2.27. The van der Waals surface area contributed by atoms with Crippen LogP contribution in [-0.4, -0.2) is 43.5 Å². The van der Waals surface area contributed by atoms with Gasteiger partial charge in [0.05, 0.1) is 0 Å². The fourth-order valence-electron chi connectivity index (χ4n) is 1.09. The summed E-state index contributed by atoms with van der Waals surface area (Å²) >= 11 is 0. The summed E-state index contributed by atoms with van der Waals surface area (Å²) in [5, 5.41) is 11.1. The molecule has 0 aliphatic heterocycles. The van der Waals surface area contributed by atoms with Crippen molar-refractivity contribution in [2.45, 2.75) is 26.8 Å². The highest BCUT2D eigenvalue weighted by atomic mass is 32.2. The first kappa shape index (κ1) is 14.9. The summed E-state index contributed by atoms with van der Waals surface area (Å²) in [6.07, 6.45) is 0.916. The zero-order chi connectivity index (χ0) is 13.1. The highest BCUT2D eigenvalue weighted by Gasteiger charge is 2.32. The summed E-state index contributed by atoms with van der Waals surface area (Å²) in [6, 6.07) is -1.11. The van der Waals surface area contributed by atoms with E-state index in [0.717, 1.165) is 6.26 Å². The van der Waals surface area contributed by atoms with Crippen LogP contribution in [0.2, 0.25) is 0 Å². The summed E-state index contributed by atoms with van der Waals surface area (Å²) in [5.41, 5.74) is -0.682. The lowest BCUT2D eigenvalue weighted by atomic mass is 9.87. The first-order chi connectivity index (χ1) is 6.93. The lowest BCUT2D eigenvalue weighted by molar-refractivity contribution is -0.144. The molecule has 2 N–H and O–H groups in total. The van der Waals surface area contributed by atoms with Gasteiger partial charge in [0.25, 0.3) is 0 Å². The van der Waals surface area contributed by atoms with Crippen LogP contribution >= 0.6 is 0 Å². The van der Waals surface area contributed by atoms with Crippen molar-refractivity contribution in [3.8, 4) is 0 Å². The van der Waals surface area contributed by atoms with Crippen molar-refractivity contribution in [1.29, 1.82) is 0 Å². The molecule has 0 aromatic rings. The van der Waals surface area contributed by atoms with Crippen LogP contribution in [0.25, 0.3) is 0 Å². The molecule has 0 heterocycles. The first-order valence-electron chi connectivity index (χ1n) is 4.63. The fourth-order valence-corrected chi connectivity index (χ4v) is 1.65. The molecule has 0 aromatic heterocycles. The Balaban J connectivity index is 4.68. The van der Waals surface area contributed by atoms with Crippen LogP contribution in [0.4, 0.5) is 0 Å². The van der Waals surface area contributed by atoms with E-state index in [2.05, 4.69) is 5.32 Å². The molecule has 0 aliphatic carbocycles. The van der Waals surface area contributed by atoms with E-state index >= 15 is 0 Å². The van der Waals surface area contributed by atoms with Crippen LogP contribution < -0.4 is 5.32 Å². The van der Waals surface area contributed by atoms with Crippen molar-refractivity contribution in [2.75, 3.05) is 12.0 Å². The Morgan fingerprint density at radius 2 is 1.75 bits per heavy atom. The summed E-state index contributed by atoms with van der Waals surface area (Å²) in [4.78, 5) is 22.1. The van der Waals surface area contributed by atoms with Crippen molar-refractivity contribution < 1.29 is 23.1 Å². The van der Waals surface area contributed by atoms with Crippen LogP contribution in [-0.2, 0) is 19.4 Å².